The van der Waals surface area contributed by atoms with E-state index in [4.69, 9.17) is 17.3 Å². The number of amides is 3. The van der Waals surface area contributed by atoms with Gasteiger partial charge in [-0.2, -0.15) is 0 Å². The molecular formula is C11H15ClN4O2. The van der Waals surface area contributed by atoms with Gasteiger partial charge in [0.2, 0.25) is 0 Å². The van der Waals surface area contributed by atoms with E-state index in [9.17, 15) is 9.59 Å². The fraction of sp³-hybridized carbons (Fsp3) is 0.273. The minimum absolute atomic E-state index is 0.306. The van der Waals surface area contributed by atoms with Crippen LogP contribution in [0.2, 0.25) is 5.02 Å². The van der Waals surface area contributed by atoms with Crippen LogP contribution >= 0.6 is 11.6 Å². The second-order valence-electron chi connectivity index (χ2n) is 3.72. The van der Waals surface area contributed by atoms with Crippen molar-refractivity contribution in [2.75, 3.05) is 0 Å². The molecule has 0 heterocycles. The Bertz CT molecular complexity index is 437. The van der Waals surface area contributed by atoms with Crippen LogP contribution in [0, 0.1) is 0 Å². The first-order chi connectivity index (χ1) is 8.49. The highest BCUT2D eigenvalue weighted by atomic mass is 35.5. The Morgan fingerprint density at radius 2 is 2.11 bits per heavy atom. The molecule has 0 aliphatic carbocycles. The largest absolute Gasteiger partial charge is 0.333 e. The molecule has 0 aromatic heterocycles. The van der Waals surface area contributed by atoms with Crippen molar-refractivity contribution in [3.63, 3.8) is 0 Å². The van der Waals surface area contributed by atoms with E-state index in [1.54, 1.807) is 18.2 Å². The number of hydrogen-bond donors (Lipinski definition) is 4. The predicted molar refractivity (Wildman–Crippen MR) is 68.6 cm³/mol. The van der Waals surface area contributed by atoms with Crippen molar-refractivity contribution in [2.45, 2.75) is 19.5 Å². The van der Waals surface area contributed by atoms with Crippen LogP contribution < -0.4 is 21.9 Å². The predicted octanol–water partition coefficient (Wildman–Crippen LogP) is 0.518. The van der Waals surface area contributed by atoms with Crippen LogP contribution in [0.15, 0.2) is 24.3 Å². The van der Waals surface area contributed by atoms with Gasteiger partial charge in [0.1, 0.15) is 0 Å². The molecule has 98 valence electrons. The highest BCUT2D eigenvalue weighted by Crippen LogP contribution is 2.09. The smallest absolute Gasteiger partial charge is 0.333 e. The number of halogens is 1. The van der Waals surface area contributed by atoms with Gasteiger partial charge in [-0.15, -0.1) is 0 Å². The molecule has 5 N–H and O–H groups in total. The fourth-order valence-corrected chi connectivity index (χ4v) is 1.32. The van der Waals surface area contributed by atoms with Gasteiger partial charge in [-0.25, -0.2) is 10.2 Å². The van der Waals surface area contributed by atoms with Gasteiger partial charge >= 0.3 is 6.03 Å². The van der Waals surface area contributed by atoms with Gasteiger partial charge in [-0.05, 0) is 24.6 Å². The normalized spacial score (nSPS) is 11.5. The zero-order valence-corrected chi connectivity index (χ0v) is 10.6. The van der Waals surface area contributed by atoms with E-state index in [0.29, 0.717) is 11.6 Å². The van der Waals surface area contributed by atoms with E-state index < -0.39 is 18.0 Å². The average Bonchev–Trinajstić information content (AvgIpc) is 2.33. The second-order valence-corrected chi connectivity index (χ2v) is 4.15. The van der Waals surface area contributed by atoms with Gasteiger partial charge in [-0.1, -0.05) is 23.7 Å². The van der Waals surface area contributed by atoms with Crippen molar-refractivity contribution in [3.05, 3.63) is 34.9 Å². The first kappa shape index (κ1) is 14.3. The monoisotopic (exact) mass is 270 g/mol. The summed E-state index contributed by atoms with van der Waals surface area (Å²) in [7, 11) is 0. The molecule has 7 heteroatoms. The molecular weight excluding hydrogens is 256 g/mol. The Morgan fingerprint density at radius 1 is 1.39 bits per heavy atom. The number of nitrogens with two attached hydrogens (primary N) is 1. The highest BCUT2D eigenvalue weighted by molar-refractivity contribution is 6.30. The number of benzene rings is 1. The lowest BCUT2D eigenvalue weighted by Crippen LogP contribution is -2.51. The van der Waals surface area contributed by atoms with Crippen LogP contribution in [-0.4, -0.2) is 18.0 Å². The molecule has 1 atom stereocenters. The van der Waals surface area contributed by atoms with Crippen LogP contribution in [0.4, 0.5) is 4.79 Å². The van der Waals surface area contributed by atoms with E-state index in [0.717, 1.165) is 5.56 Å². The summed E-state index contributed by atoms with van der Waals surface area (Å²) in [5.41, 5.74) is 10.5. The molecule has 18 heavy (non-hydrogen) atoms. The summed E-state index contributed by atoms with van der Waals surface area (Å²) in [6, 6.07) is 5.89. The maximum Gasteiger partial charge on any atom is 0.333 e. The minimum atomic E-state index is -0.682. The van der Waals surface area contributed by atoms with Crippen LogP contribution in [0.1, 0.15) is 12.5 Å². The third kappa shape index (κ3) is 5.03. The molecule has 0 saturated carbocycles. The van der Waals surface area contributed by atoms with Crippen LogP contribution in [0.5, 0.6) is 0 Å². The Balaban J connectivity index is 2.31. The lowest BCUT2D eigenvalue weighted by atomic mass is 10.2. The molecule has 1 rings (SSSR count). The van der Waals surface area contributed by atoms with Gasteiger partial charge in [-0.3, -0.25) is 10.2 Å². The first-order valence-electron chi connectivity index (χ1n) is 5.33. The molecule has 0 saturated heterocycles. The number of hydrogen-bond acceptors (Lipinski definition) is 3. The van der Waals surface area contributed by atoms with E-state index in [1.807, 2.05) is 6.07 Å². The number of hydrazine groups is 1. The van der Waals surface area contributed by atoms with E-state index >= 15 is 0 Å². The lowest BCUT2D eigenvalue weighted by molar-refractivity contribution is -0.122. The summed E-state index contributed by atoms with van der Waals surface area (Å²) in [5, 5.41) is 3.15. The Morgan fingerprint density at radius 3 is 2.72 bits per heavy atom. The number of urea groups is 1. The van der Waals surface area contributed by atoms with Crippen molar-refractivity contribution in [1.82, 2.24) is 16.2 Å². The minimum Gasteiger partial charge on any atom is -0.333 e. The Kier molecular flexibility index (Phi) is 5.41. The summed E-state index contributed by atoms with van der Waals surface area (Å²) < 4.78 is 0. The van der Waals surface area contributed by atoms with Gasteiger partial charge in [0.05, 0.1) is 6.04 Å². The van der Waals surface area contributed by atoms with Crippen molar-refractivity contribution < 1.29 is 9.59 Å². The lowest BCUT2D eigenvalue weighted by Gasteiger charge is -2.10. The highest BCUT2D eigenvalue weighted by Gasteiger charge is 2.07. The molecule has 0 unspecified atom stereocenters. The van der Waals surface area contributed by atoms with Crippen LogP contribution in [0.3, 0.4) is 0 Å². The van der Waals surface area contributed by atoms with Gasteiger partial charge in [0.25, 0.3) is 5.91 Å². The third-order valence-corrected chi connectivity index (χ3v) is 2.29. The van der Waals surface area contributed by atoms with Gasteiger partial charge in [0, 0.05) is 11.6 Å². The number of carbonyl (C=O) groups excluding carboxylic acids is 2. The second kappa shape index (κ2) is 6.83. The zero-order chi connectivity index (χ0) is 13.5. The zero-order valence-electron chi connectivity index (χ0n) is 9.87. The van der Waals surface area contributed by atoms with E-state index in [1.165, 1.54) is 6.92 Å². The summed E-state index contributed by atoms with van der Waals surface area (Å²) >= 11 is 5.80. The fourth-order valence-electron chi connectivity index (χ4n) is 1.11. The van der Waals surface area contributed by atoms with Crippen LogP contribution in [0.25, 0.3) is 0 Å². The molecule has 0 aliphatic heterocycles. The SMILES string of the molecule is C[C@@H](N)C(=O)NNC(=O)NCc1cccc(Cl)c1. The summed E-state index contributed by atoms with van der Waals surface area (Å²) in [6.45, 7) is 1.82. The number of carbonyl (C=O) groups is 2. The number of rotatable bonds is 3. The molecule has 0 bridgehead atoms. The summed E-state index contributed by atoms with van der Waals surface area (Å²) in [5.74, 6) is -0.465. The quantitative estimate of drug-likeness (QED) is 0.603. The maximum absolute atomic E-state index is 11.3. The topological polar surface area (TPSA) is 96.2 Å². The molecule has 6 nitrogen and oxygen atoms in total. The molecule has 1 aromatic rings. The summed E-state index contributed by atoms with van der Waals surface area (Å²) in [4.78, 5) is 22.4. The molecule has 1 aromatic carbocycles. The first-order valence-corrected chi connectivity index (χ1v) is 5.70. The Labute approximate surface area is 110 Å². The average molecular weight is 271 g/mol. The molecule has 0 fully saturated rings. The van der Waals surface area contributed by atoms with E-state index in [2.05, 4.69) is 16.2 Å². The summed E-state index contributed by atoms with van der Waals surface area (Å²) in [6.07, 6.45) is 0. The van der Waals surface area contributed by atoms with Crippen molar-refractivity contribution in [3.8, 4) is 0 Å². The van der Waals surface area contributed by atoms with Gasteiger partial charge in [0.15, 0.2) is 0 Å². The van der Waals surface area contributed by atoms with Crippen LogP contribution in [-0.2, 0) is 11.3 Å². The maximum atomic E-state index is 11.3. The molecule has 0 radical (unpaired) electrons. The number of nitrogens with one attached hydrogen (secondary N) is 3. The Hall–Kier alpha value is -1.79. The van der Waals surface area contributed by atoms with Crippen molar-refractivity contribution in [1.29, 1.82) is 0 Å². The van der Waals surface area contributed by atoms with Gasteiger partial charge < -0.3 is 11.1 Å². The molecule has 3 amide bonds. The van der Waals surface area contributed by atoms with E-state index in [-0.39, 0.29) is 0 Å². The van der Waals surface area contributed by atoms with Crippen molar-refractivity contribution >= 4 is 23.5 Å². The van der Waals surface area contributed by atoms with Crippen molar-refractivity contribution in [2.24, 2.45) is 5.73 Å². The molecule has 0 spiro atoms. The molecule has 0 aliphatic rings. The standard InChI is InChI=1S/C11H15ClN4O2/c1-7(13)10(17)15-16-11(18)14-6-8-3-2-4-9(12)5-8/h2-5,7H,6,13H2,1H3,(H,15,17)(H2,14,16,18)/t7-/m1/s1. The third-order valence-electron chi connectivity index (χ3n) is 2.05.